The second-order valence-electron chi connectivity index (χ2n) is 3.66. The van der Waals surface area contributed by atoms with Crippen LogP contribution < -0.4 is 16.0 Å². The summed E-state index contributed by atoms with van der Waals surface area (Å²) >= 11 is 0. The summed E-state index contributed by atoms with van der Waals surface area (Å²) in [5.41, 5.74) is 0. The minimum atomic E-state index is 1.33. The Balaban J connectivity index is 2.00. The van der Waals surface area contributed by atoms with Crippen LogP contribution in [0.3, 0.4) is 0 Å². The normalized spacial score (nSPS) is 24.0. The van der Waals surface area contributed by atoms with Gasteiger partial charge < -0.3 is 16.0 Å². The van der Waals surface area contributed by atoms with E-state index in [0.717, 1.165) is 0 Å². The second-order valence-corrected chi connectivity index (χ2v) is 3.66. The van der Waals surface area contributed by atoms with Gasteiger partial charge in [0, 0.05) is 19.3 Å². The molecule has 3 nitrogen and oxygen atoms in total. The van der Waals surface area contributed by atoms with Crippen LogP contribution in [0.2, 0.25) is 0 Å². The largest absolute Gasteiger partial charge is 0.346 e. The number of quaternary nitrogens is 3. The number of nitrogens with two attached hydrogens (primary N) is 3. The van der Waals surface area contributed by atoms with Crippen LogP contribution in [0.5, 0.6) is 0 Å². The zero-order valence-electron chi connectivity index (χ0n) is 8.10. The van der Waals surface area contributed by atoms with Gasteiger partial charge in [-0.1, -0.05) is 0 Å². The SMILES string of the molecule is C1C[NH2+]CCC[NH2+]CCC[NH2+]C1. The summed E-state index contributed by atoms with van der Waals surface area (Å²) in [7, 11) is 0. The highest BCUT2D eigenvalue weighted by Crippen LogP contribution is 1.67. The van der Waals surface area contributed by atoms with Crippen LogP contribution in [0.4, 0.5) is 0 Å². The number of rotatable bonds is 0. The fraction of sp³-hybridized carbons (Fsp3) is 1.00. The minimum absolute atomic E-state index is 1.33. The van der Waals surface area contributed by atoms with Crippen molar-refractivity contribution in [1.29, 1.82) is 0 Å². The van der Waals surface area contributed by atoms with Gasteiger partial charge in [0.25, 0.3) is 0 Å². The molecule has 0 aromatic rings. The Morgan fingerprint density at radius 2 is 0.667 bits per heavy atom. The molecule has 72 valence electrons. The second kappa shape index (κ2) is 7.53. The molecule has 1 rings (SSSR count). The third-order valence-corrected chi connectivity index (χ3v) is 2.45. The molecule has 0 aromatic carbocycles. The lowest BCUT2D eigenvalue weighted by Crippen LogP contribution is -2.92. The average Bonchev–Trinajstić information content (AvgIpc) is 2.05. The Labute approximate surface area is 75.3 Å². The highest BCUT2D eigenvalue weighted by molar-refractivity contribution is 4.33. The first-order valence-electron chi connectivity index (χ1n) is 5.45. The maximum Gasteiger partial charge on any atom is 0.0809 e. The quantitative estimate of drug-likeness (QED) is 0.348. The molecule has 0 radical (unpaired) electrons. The van der Waals surface area contributed by atoms with Crippen molar-refractivity contribution in [3.63, 3.8) is 0 Å². The maximum atomic E-state index is 2.46. The third kappa shape index (κ3) is 5.52. The van der Waals surface area contributed by atoms with E-state index >= 15 is 0 Å². The van der Waals surface area contributed by atoms with Crippen LogP contribution in [0.25, 0.3) is 0 Å². The van der Waals surface area contributed by atoms with Gasteiger partial charge in [0.1, 0.15) is 0 Å². The van der Waals surface area contributed by atoms with Gasteiger partial charge in [-0.15, -0.1) is 0 Å². The zero-order valence-corrected chi connectivity index (χ0v) is 8.10. The summed E-state index contributed by atoms with van der Waals surface area (Å²) in [5.74, 6) is 0. The van der Waals surface area contributed by atoms with E-state index in [1.165, 1.54) is 58.5 Å². The van der Waals surface area contributed by atoms with Crippen LogP contribution in [-0.4, -0.2) is 39.3 Å². The zero-order chi connectivity index (χ0) is 8.49. The van der Waals surface area contributed by atoms with Crippen molar-refractivity contribution in [2.75, 3.05) is 39.3 Å². The topological polar surface area (TPSA) is 49.8 Å². The summed E-state index contributed by atoms with van der Waals surface area (Å²) in [6.07, 6.45) is 4.14. The molecule has 1 heterocycles. The van der Waals surface area contributed by atoms with Crippen LogP contribution in [-0.2, 0) is 0 Å². The molecule has 0 spiro atoms. The van der Waals surface area contributed by atoms with Crippen LogP contribution in [0.1, 0.15) is 19.3 Å². The molecule has 1 saturated heterocycles. The van der Waals surface area contributed by atoms with E-state index in [4.69, 9.17) is 0 Å². The van der Waals surface area contributed by atoms with Crippen molar-refractivity contribution in [3.05, 3.63) is 0 Å². The number of hydrogen-bond donors (Lipinski definition) is 3. The Bertz CT molecular complexity index is 52.8. The van der Waals surface area contributed by atoms with Crippen molar-refractivity contribution >= 4 is 0 Å². The molecule has 1 aliphatic heterocycles. The molecule has 0 atom stereocenters. The molecule has 12 heavy (non-hydrogen) atoms. The fourth-order valence-corrected chi connectivity index (χ4v) is 1.65. The van der Waals surface area contributed by atoms with Crippen molar-refractivity contribution in [2.45, 2.75) is 19.3 Å². The molecule has 0 saturated carbocycles. The van der Waals surface area contributed by atoms with Crippen molar-refractivity contribution in [1.82, 2.24) is 0 Å². The van der Waals surface area contributed by atoms with Crippen molar-refractivity contribution in [2.24, 2.45) is 0 Å². The summed E-state index contributed by atoms with van der Waals surface area (Å²) < 4.78 is 0. The average molecular weight is 174 g/mol. The highest BCUT2D eigenvalue weighted by Gasteiger charge is 1.99. The molecule has 0 amide bonds. The first-order valence-corrected chi connectivity index (χ1v) is 5.45. The smallest absolute Gasteiger partial charge is 0.0809 e. The summed E-state index contributed by atoms with van der Waals surface area (Å²) in [5, 5.41) is 7.38. The Morgan fingerprint density at radius 3 is 0.917 bits per heavy atom. The van der Waals surface area contributed by atoms with Crippen LogP contribution in [0.15, 0.2) is 0 Å². The van der Waals surface area contributed by atoms with E-state index < -0.39 is 0 Å². The van der Waals surface area contributed by atoms with Gasteiger partial charge in [-0.25, -0.2) is 0 Å². The summed E-state index contributed by atoms with van der Waals surface area (Å²) in [6.45, 7) is 7.98. The minimum Gasteiger partial charge on any atom is -0.346 e. The molecule has 0 bridgehead atoms. The number of hydrogen-bond acceptors (Lipinski definition) is 0. The molecule has 0 unspecified atom stereocenters. The predicted octanol–water partition coefficient (Wildman–Crippen LogP) is -3.14. The van der Waals surface area contributed by atoms with Gasteiger partial charge in [0.05, 0.1) is 39.3 Å². The van der Waals surface area contributed by atoms with E-state index in [1.54, 1.807) is 0 Å². The Hall–Kier alpha value is -0.120. The predicted molar refractivity (Wildman–Crippen MR) is 48.8 cm³/mol. The summed E-state index contributed by atoms with van der Waals surface area (Å²) in [4.78, 5) is 0. The molecule has 1 aliphatic rings. The van der Waals surface area contributed by atoms with Gasteiger partial charge in [0.15, 0.2) is 0 Å². The van der Waals surface area contributed by atoms with E-state index in [2.05, 4.69) is 16.0 Å². The van der Waals surface area contributed by atoms with E-state index in [-0.39, 0.29) is 0 Å². The van der Waals surface area contributed by atoms with Gasteiger partial charge in [-0.2, -0.15) is 0 Å². The molecular weight excluding hydrogens is 150 g/mol. The van der Waals surface area contributed by atoms with Gasteiger partial charge in [0.2, 0.25) is 0 Å². The molecular formula is C9H24N3+3. The van der Waals surface area contributed by atoms with E-state index in [1.807, 2.05) is 0 Å². The molecule has 1 fully saturated rings. The van der Waals surface area contributed by atoms with Gasteiger partial charge in [-0.05, 0) is 0 Å². The monoisotopic (exact) mass is 174 g/mol. The van der Waals surface area contributed by atoms with E-state index in [0.29, 0.717) is 0 Å². The fourth-order valence-electron chi connectivity index (χ4n) is 1.65. The molecule has 0 aliphatic carbocycles. The third-order valence-electron chi connectivity index (χ3n) is 2.45. The van der Waals surface area contributed by atoms with Crippen LogP contribution in [0, 0.1) is 0 Å². The first-order chi connectivity index (χ1) is 6.00. The lowest BCUT2D eigenvalue weighted by atomic mass is 10.3. The lowest BCUT2D eigenvalue weighted by molar-refractivity contribution is -0.705. The highest BCUT2D eigenvalue weighted by atomic mass is 14.9. The van der Waals surface area contributed by atoms with Gasteiger partial charge in [-0.3, -0.25) is 0 Å². The maximum absolute atomic E-state index is 2.46. The summed E-state index contributed by atoms with van der Waals surface area (Å²) in [6, 6.07) is 0. The Kier molecular flexibility index (Phi) is 6.25. The molecule has 3 heteroatoms. The van der Waals surface area contributed by atoms with E-state index in [9.17, 15) is 0 Å². The Morgan fingerprint density at radius 1 is 0.417 bits per heavy atom. The van der Waals surface area contributed by atoms with Gasteiger partial charge >= 0.3 is 0 Å². The van der Waals surface area contributed by atoms with Crippen LogP contribution >= 0.6 is 0 Å². The first kappa shape index (κ1) is 9.96. The van der Waals surface area contributed by atoms with Crippen molar-refractivity contribution in [3.8, 4) is 0 Å². The molecule has 6 N–H and O–H groups in total. The lowest BCUT2D eigenvalue weighted by Gasteiger charge is -2.05. The molecule has 0 aromatic heterocycles. The van der Waals surface area contributed by atoms with Crippen molar-refractivity contribution < 1.29 is 16.0 Å². The standard InChI is InChI=1S/C9H21N3/c1-4-10-6-2-8-12-9-3-7-11-5-1/h10-12H,1-9H2/p+3.